The number of unbranched alkanes of at least 4 members (excludes halogenated alkanes) is 22. The van der Waals surface area contributed by atoms with Crippen molar-refractivity contribution in [3.05, 3.63) is 60.8 Å². The summed E-state index contributed by atoms with van der Waals surface area (Å²) in [6.45, 7) is 4.42. The van der Waals surface area contributed by atoms with E-state index in [0.29, 0.717) is 12.8 Å². The topological polar surface area (TPSA) is 104 Å². The van der Waals surface area contributed by atoms with E-state index in [2.05, 4.69) is 67.8 Å². The molecule has 0 fully saturated rings. The minimum absolute atomic E-state index is 0.274. The van der Waals surface area contributed by atoms with Crippen molar-refractivity contribution < 1.29 is 22.9 Å². The molecule has 3 N–H and O–H groups in total. The molecular weight excluding hydrogens is 667 g/mol. The molecule has 6 nitrogen and oxygen atoms in total. The SMILES string of the molecule is CC/C=C\C/C=C\C/C=C\CCCCCCCCCC(=O)NC(CS(=O)(=O)O)C(O)/C=C/CC/C=C/CCCCCCCCCCCCCCCC. The molecule has 0 aromatic rings. The van der Waals surface area contributed by atoms with Crippen molar-refractivity contribution in [1.29, 1.82) is 0 Å². The molecule has 2 atom stereocenters. The van der Waals surface area contributed by atoms with Gasteiger partial charge in [0.1, 0.15) is 0 Å². The molecular formula is C45H81NO5S. The minimum atomic E-state index is -4.36. The molecule has 0 aromatic carbocycles. The molecule has 52 heavy (non-hydrogen) atoms. The highest BCUT2D eigenvalue weighted by Gasteiger charge is 2.24. The van der Waals surface area contributed by atoms with Gasteiger partial charge in [-0.25, -0.2) is 0 Å². The van der Waals surface area contributed by atoms with Gasteiger partial charge in [-0.1, -0.05) is 190 Å². The standard InChI is InChI=1S/C45H81NO5S/c1-3-5-7-9-11-13-15-17-19-21-22-23-25-26-28-30-32-34-36-38-40-44(47)43(42-52(49,50)51)46-45(48)41-39-37-35-33-31-29-27-24-20-18-16-14-12-10-8-6-4-2/h6,8,12,14,18,20,30,32,38,40,43-44,47H,3-5,7,9-11,13,15-17,19,21-29,31,33-37,39,41-42H2,1-2H3,(H,46,48)(H,49,50,51)/b8-6-,14-12-,20-18-,32-30+,40-38+. The lowest BCUT2D eigenvalue weighted by Crippen LogP contribution is -2.46. The number of allylic oxidation sites excluding steroid dienone is 9. The van der Waals surface area contributed by atoms with Gasteiger partial charge in [-0.15, -0.1) is 0 Å². The van der Waals surface area contributed by atoms with E-state index >= 15 is 0 Å². The summed E-state index contributed by atoms with van der Waals surface area (Å²) in [5.41, 5.74) is 0. The number of nitrogens with one attached hydrogen (secondary N) is 1. The predicted molar refractivity (Wildman–Crippen MR) is 225 cm³/mol. The lowest BCUT2D eigenvalue weighted by molar-refractivity contribution is -0.122. The monoisotopic (exact) mass is 748 g/mol. The molecule has 0 aliphatic rings. The first-order valence-electron chi connectivity index (χ1n) is 21.5. The zero-order chi connectivity index (χ0) is 38.2. The van der Waals surface area contributed by atoms with Crippen LogP contribution >= 0.6 is 0 Å². The van der Waals surface area contributed by atoms with E-state index < -0.39 is 28.0 Å². The van der Waals surface area contributed by atoms with E-state index in [4.69, 9.17) is 0 Å². The summed E-state index contributed by atoms with van der Waals surface area (Å²) in [7, 11) is -4.36. The van der Waals surface area contributed by atoms with Gasteiger partial charge in [-0.05, 0) is 64.2 Å². The second-order valence-electron chi connectivity index (χ2n) is 14.6. The molecule has 0 heterocycles. The van der Waals surface area contributed by atoms with Gasteiger partial charge < -0.3 is 10.4 Å². The Kier molecular flexibility index (Phi) is 37.3. The molecule has 0 aliphatic carbocycles. The maximum atomic E-state index is 12.5. The van der Waals surface area contributed by atoms with Crippen LogP contribution in [0.15, 0.2) is 60.8 Å². The fraction of sp³-hybridized carbons (Fsp3) is 0.756. The van der Waals surface area contributed by atoms with Crippen LogP contribution in [0.25, 0.3) is 0 Å². The van der Waals surface area contributed by atoms with Crippen LogP contribution in [0.1, 0.15) is 200 Å². The van der Waals surface area contributed by atoms with E-state index in [0.717, 1.165) is 57.8 Å². The summed E-state index contributed by atoms with van der Waals surface area (Å²) in [6, 6.07) is -1.08. The predicted octanol–water partition coefficient (Wildman–Crippen LogP) is 12.9. The van der Waals surface area contributed by atoms with E-state index in [-0.39, 0.29) is 12.3 Å². The Balaban J connectivity index is 3.96. The average molecular weight is 748 g/mol. The van der Waals surface area contributed by atoms with Crippen LogP contribution in [0.2, 0.25) is 0 Å². The highest BCUT2D eigenvalue weighted by Crippen LogP contribution is 2.14. The molecule has 302 valence electrons. The molecule has 0 aromatic heterocycles. The van der Waals surface area contributed by atoms with Gasteiger partial charge in [0.15, 0.2) is 0 Å². The van der Waals surface area contributed by atoms with Crippen molar-refractivity contribution in [3.63, 3.8) is 0 Å². The van der Waals surface area contributed by atoms with Crippen LogP contribution in [0.5, 0.6) is 0 Å². The second-order valence-corrected chi connectivity index (χ2v) is 16.1. The van der Waals surface area contributed by atoms with Gasteiger partial charge in [0.25, 0.3) is 10.1 Å². The first-order chi connectivity index (χ1) is 25.3. The third kappa shape index (κ3) is 39.3. The van der Waals surface area contributed by atoms with Crippen LogP contribution in [-0.4, -0.2) is 41.9 Å². The fourth-order valence-corrected chi connectivity index (χ4v) is 6.98. The number of aliphatic hydroxyl groups is 1. The van der Waals surface area contributed by atoms with E-state index in [1.54, 1.807) is 0 Å². The van der Waals surface area contributed by atoms with Gasteiger partial charge >= 0.3 is 0 Å². The Bertz CT molecular complexity index is 1050. The van der Waals surface area contributed by atoms with Gasteiger partial charge in [0.05, 0.1) is 17.9 Å². The molecule has 7 heteroatoms. The highest BCUT2D eigenvalue weighted by molar-refractivity contribution is 7.85. The number of aliphatic hydroxyl groups excluding tert-OH is 1. The number of hydrogen-bond acceptors (Lipinski definition) is 4. The van der Waals surface area contributed by atoms with Crippen LogP contribution in [0.3, 0.4) is 0 Å². The number of carbonyl (C=O) groups excluding carboxylic acids is 1. The third-order valence-electron chi connectivity index (χ3n) is 9.43. The van der Waals surface area contributed by atoms with Crippen LogP contribution in [0.4, 0.5) is 0 Å². The first kappa shape index (κ1) is 50.0. The van der Waals surface area contributed by atoms with Gasteiger partial charge in [0.2, 0.25) is 5.91 Å². The summed E-state index contributed by atoms with van der Waals surface area (Å²) >= 11 is 0. The average Bonchev–Trinajstić information content (AvgIpc) is 3.11. The number of rotatable bonds is 38. The van der Waals surface area contributed by atoms with Crippen molar-refractivity contribution in [1.82, 2.24) is 5.32 Å². The fourth-order valence-electron chi connectivity index (χ4n) is 6.24. The minimum Gasteiger partial charge on any atom is -0.387 e. The zero-order valence-corrected chi connectivity index (χ0v) is 34.5. The van der Waals surface area contributed by atoms with Crippen LogP contribution < -0.4 is 5.32 Å². The molecule has 0 bridgehead atoms. The Morgan fingerprint density at radius 1 is 0.538 bits per heavy atom. The lowest BCUT2D eigenvalue weighted by Gasteiger charge is -2.21. The van der Waals surface area contributed by atoms with Gasteiger partial charge in [-0.2, -0.15) is 8.42 Å². The highest BCUT2D eigenvalue weighted by atomic mass is 32.2. The second kappa shape index (κ2) is 38.8. The molecule has 0 spiro atoms. The van der Waals surface area contributed by atoms with Gasteiger partial charge in [0, 0.05) is 6.42 Å². The van der Waals surface area contributed by atoms with E-state index in [1.165, 1.54) is 115 Å². The molecule has 0 rings (SSSR count). The molecule has 1 amide bonds. The maximum absolute atomic E-state index is 12.5. The summed E-state index contributed by atoms with van der Waals surface area (Å²) in [6.07, 6.45) is 53.5. The van der Waals surface area contributed by atoms with Crippen molar-refractivity contribution in [2.24, 2.45) is 0 Å². The van der Waals surface area contributed by atoms with Crippen molar-refractivity contribution >= 4 is 16.0 Å². The third-order valence-corrected chi connectivity index (χ3v) is 10.2. The zero-order valence-electron chi connectivity index (χ0n) is 33.7. The van der Waals surface area contributed by atoms with Crippen molar-refractivity contribution in [2.75, 3.05) is 5.75 Å². The Labute approximate surface area is 321 Å². The molecule has 0 radical (unpaired) electrons. The van der Waals surface area contributed by atoms with Crippen molar-refractivity contribution in [2.45, 2.75) is 212 Å². The Morgan fingerprint density at radius 2 is 0.942 bits per heavy atom. The quantitative estimate of drug-likeness (QED) is 0.0331. The summed E-state index contributed by atoms with van der Waals surface area (Å²) in [4.78, 5) is 12.5. The number of carbonyl (C=O) groups is 1. The molecule has 0 aliphatic heterocycles. The maximum Gasteiger partial charge on any atom is 0.267 e. The largest absolute Gasteiger partial charge is 0.387 e. The Morgan fingerprint density at radius 3 is 1.44 bits per heavy atom. The summed E-state index contributed by atoms with van der Waals surface area (Å²) < 4.78 is 32.5. The van der Waals surface area contributed by atoms with E-state index in [1.807, 2.05) is 6.08 Å². The summed E-state index contributed by atoms with van der Waals surface area (Å²) in [5.74, 6) is -1.02. The number of amides is 1. The van der Waals surface area contributed by atoms with Crippen LogP contribution in [0, 0.1) is 0 Å². The molecule has 2 unspecified atom stereocenters. The first-order valence-corrected chi connectivity index (χ1v) is 23.1. The van der Waals surface area contributed by atoms with Gasteiger partial charge in [-0.3, -0.25) is 9.35 Å². The Hall–Kier alpha value is -1.96. The van der Waals surface area contributed by atoms with Crippen molar-refractivity contribution in [3.8, 4) is 0 Å². The summed E-state index contributed by atoms with van der Waals surface area (Å²) in [5, 5.41) is 13.2. The lowest BCUT2D eigenvalue weighted by atomic mass is 10.0. The molecule has 0 saturated carbocycles. The molecule has 0 saturated heterocycles. The smallest absolute Gasteiger partial charge is 0.267 e. The number of hydrogen-bond donors (Lipinski definition) is 3. The normalized spacial score (nSPS) is 13.8. The van der Waals surface area contributed by atoms with E-state index in [9.17, 15) is 22.9 Å². The van der Waals surface area contributed by atoms with Crippen LogP contribution in [-0.2, 0) is 14.9 Å².